The number of nitrogens with one attached hydrogen (secondary N) is 1. The molecule has 0 aliphatic rings. The van der Waals surface area contributed by atoms with Crippen molar-refractivity contribution in [2.24, 2.45) is 0 Å². The van der Waals surface area contributed by atoms with Gasteiger partial charge in [0.1, 0.15) is 6.61 Å². The Balaban J connectivity index is 2.38. The van der Waals surface area contributed by atoms with E-state index >= 15 is 0 Å². The molecule has 0 saturated heterocycles. The average Bonchev–Trinajstić information content (AvgIpc) is 2.37. The van der Waals surface area contributed by atoms with Crippen LogP contribution >= 0.6 is 0 Å². The van der Waals surface area contributed by atoms with E-state index in [-0.39, 0.29) is 11.5 Å². The van der Waals surface area contributed by atoms with Crippen LogP contribution in [0.4, 0.5) is 8.78 Å². The van der Waals surface area contributed by atoms with Crippen LogP contribution in [-0.2, 0) is 10.2 Å². The van der Waals surface area contributed by atoms with Crippen LogP contribution in [0, 0.1) is 0 Å². The summed E-state index contributed by atoms with van der Waals surface area (Å²) in [4.78, 5) is 0. The van der Waals surface area contributed by atoms with Crippen molar-refractivity contribution in [3.63, 3.8) is 0 Å². The summed E-state index contributed by atoms with van der Waals surface area (Å²) >= 11 is 0. The fraction of sp³-hybridized carbons (Fsp3) is 0.625. The minimum Gasteiger partial charge on any atom is -0.374 e. The molecule has 0 bridgehead atoms. The molecule has 2 nitrogen and oxygen atoms in total. The van der Waals surface area contributed by atoms with Gasteiger partial charge in [0.25, 0.3) is 6.43 Å². The van der Waals surface area contributed by atoms with Gasteiger partial charge in [-0.15, -0.1) is 0 Å². The third-order valence-corrected chi connectivity index (χ3v) is 3.22. The zero-order chi connectivity index (χ0) is 15.2. The molecular formula is C16H25F2NO. The minimum absolute atomic E-state index is 0.151. The summed E-state index contributed by atoms with van der Waals surface area (Å²) < 4.78 is 28.6. The van der Waals surface area contributed by atoms with Gasteiger partial charge in [0.2, 0.25) is 0 Å². The largest absolute Gasteiger partial charge is 0.374 e. The lowest BCUT2D eigenvalue weighted by atomic mass is 9.86. The Morgan fingerprint density at radius 2 is 1.75 bits per heavy atom. The molecular weight excluding hydrogens is 260 g/mol. The smallest absolute Gasteiger partial charge is 0.261 e. The molecule has 0 aliphatic carbocycles. The molecule has 1 aromatic carbocycles. The molecule has 1 unspecified atom stereocenters. The van der Waals surface area contributed by atoms with Gasteiger partial charge >= 0.3 is 0 Å². The van der Waals surface area contributed by atoms with Gasteiger partial charge in [0.05, 0.1) is 6.61 Å². The first-order chi connectivity index (χ1) is 9.30. The van der Waals surface area contributed by atoms with Crippen LogP contribution < -0.4 is 5.32 Å². The third-order valence-electron chi connectivity index (χ3n) is 3.22. The highest BCUT2D eigenvalue weighted by Crippen LogP contribution is 2.23. The summed E-state index contributed by atoms with van der Waals surface area (Å²) in [6, 6.07) is 8.68. The van der Waals surface area contributed by atoms with E-state index in [0.29, 0.717) is 13.2 Å². The van der Waals surface area contributed by atoms with Gasteiger partial charge in [0, 0.05) is 12.6 Å². The van der Waals surface area contributed by atoms with E-state index in [1.165, 1.54) is 11.1 Å². The molecule has 0 heterocycles. The van der Waals surface area contributed by atoms with Crippen molar-refractivity contribution in [1.29, 1.82) is 0 Å². The summed E-state index contributed by atoms with van der Waals surface area (Å²) in [5, 5.41) is 3.26. The molecule has 1 aromatic rings. The van der Waals surface area contributed by atoms with Gasteiger partial charge in [-0.1, -0.05) is 45.0 Å². The van der Waals surface area contributed by atoms with Crippen LogP contribution in [0.3, 0.4) is 0 Å². The maximum absolute atomic E-state index is 11.9. The maximum atomic E-state index is 11.9. The lowest BCUT2D eigenvalue weighted by Gasteiger charge is -2.20. The number of benzene rings is 1. The van der Waals surface area contributed by atoms with Crippen molar-refractivity contribution in [2.75, 3.05) is 19.8 Å². The van der Waals surface area contributed by atoms with E-state index in [1.54, 1.807) is 0 Å². The van der Waals surface area contributed by atoms with Gasteiger partial charge in [-0.05, 0) is 23.5 Å². The molecule has 1 rings (SSSR count). The van der Waals surface area contributed by atoms with Crippen LogP contribution in [0.2, 0.25) is 0 Å². The lowest BCUT2D eigenvalue weighted by molar-refractivity contribution is 0.0183. The molecule has 0 saturated carbocycles. The topological polar surface area (TPSA) is 21.3 Å². The zero-order valence-corrected chi connectivity index (χ0v) is 12.7. The number of halogens is 2. The monoisotopic (exact) mass is 285 g/mol. The molecule has 0 spiro atoms. The predicted molar refractivity (Wildman–Crippen MR) is 78.4 cm³/mol. The maximum Gasteiger partial charge on any atom is 0.261 e. The highest BCUT2D eigenvalue weighted by molar-refractivity contribution is 5.28. The minimum atomic E-state index is -2.39. The molecule has 114 valence electrons. The molecule has 0 fully saturated rings. The summed E-state index contributed by atoms with van der Waals surface area (Å²) in [5.41, 5.74) is 2.64. The van der Waals surface area contributed by atoms with Crippen LogP contribution in [0.5, 0.6) is 0 Å². The summed E-state index contributed by atoms with van der Waals surface area (Å²) in [7, 11) is 0. The predicted octanol–water partition coefficient (Wildman–Crippen LogP) is 3.92. The van der Waals surface area contributed by atoms with E-state index in [9.17, 15) is 8.78 Å². The van der Waals surface area contributed by atoms with E-state index in [1.807, 2.05) is 0 Å². The summed E-state index contributed by atoms with van der Waals surface area (Å²) in [6.45, 7) is 8.98. The Kier molecular flexibility index (Phi) is 6.56. The number of rotatable bonds is 7. The molecule has 4 heteroatoms. The van der Waals surface area contributed by atoms with Crippen molar-refractivity contribution in [3.8, 4) is 0 Å². The Hall–Kier alpha value is -1.00. The molecule has 0 aromatic heterocycles. The van der Waals surface area contributed by atoms with Crippen molar-refractivity contribution in [1.82, 2.24) is 5.32 Å². The second kappa shape index (κ2) is 7.70. The van der Waals surface area contributed by atoms with Crippen molar-refractivity contribution in [3.05, 3.63) is 35.4 Å². The number of hydrogen-bond acceptors (Lipinski definition) is 2. The Bertz CT molecular complexity index is 384. The Morgan fingerprint density at radius 1 is 1.15 bits per heavy atom. The van der Waals surface area contributed by atoms with Crippen molar-refractivity contribution < 1.29 is 13.5 Å². The van der Waals surface area contributed by atoms with Gasteiger partial charge in [-0.3, -0.25) is 0 Å². The first-order valence-corrected chi connectivity index (χ1v) is 7.00. The molecule has 20 heavy (non-hydrogen) atoms. The highest BCUT2D eigenvalue weighted by atomic mass is 19.3. The van der Waals surface area contributed by atoms with Gasteiger partial charge in [-0.2, -0.15) is 0 Å². The second-order valence-corrected chi connectivity index (χ2v) is 6.01. The quantitative estimate of drug-likeness (QED) is 0.767. The van der Waals surface area contributed by atoms with Crippen LogP contribution in [0.25, 0.3) is 0 Å². The first-order valence-electron chi connectivity index (χ1n) is 7.00. The molecule has 0 radical (unpaired) electrons. The third kappa shape index (κ3) is 5.97. The normalized spacial score (nSPS) is 13.8. The molecule has 0 aliphatic heterocycles. The molecule has 1 atom stereocenters. The summed E-state index contributed by atoms with van der Waals surface area (Å²) in [6.07, 6.45) is -2.39. The lowest BCUT2D eigenvalue weighted by Crippen LogP contribution is -2.24. The van der Waals surface area contributed by atoms with E-state index in [4.69, 9.17) is 4.74 Å². The van der Waals surface area contributed by atoms with Crippen LogP contribution in [0.15, 0.2) is 24.3 Å². The van der Waals surface area contributed by atoms with E-state index < -0.39 is 13.0 Å². The van der Waals surface area contributed by atoms with Crippen molar-refractivity contribution in [2.45, 2.75) is 45.6 Å². The highest BCUT2D eigenvalue weighted by Gasteiger charge is 2.13. The molecule has 0 amide bonds. The number of alkyl halides is 2. The van der Waals surface area contributed by atoms with Crippen LogP contribution in [-0.4, -0.2) is 26.2 Å². The van der Waals surface area contributed by atoms with E-state index in [2.05, 4.69) is 57.3 Å². The zero-order valence-electron chi connectivity index (χ0n) is 12.7. The van der Waals surface area contributed by atoms with Gasteiger partial charge in [-0.25, -0.2) is 8.78 Å². The Morgan fingerprint density at radius 3 is 2.25 bits per heavy atom. The fourth-order valence-electron chi connectivity index (χ4n) is 1.91. The standard InChI is InChI=1S/C16H25F2NO/c1-12(19-9-10-20-11-15(17)18)13-5-7-14(8-6-13)16(2,3)4/h5-8,12,15,19H,9-11H2,1-4H3. The number of ether oxygens (including phenoxy) is 1. The molecule has 1 N–H and O–H groups in total. The number of hydrogen-bond donors (Lipinski definition) is 1. The Labute approximate surface area is 120 Å². The van der Waals surface area contributed by atoms with E-state index in [0.717, 1.165) is 0 Å². The summed E-state index contributed by atoms with van der Waals surface area (Å²) in [5.74, 6) is 0. The fourth-order valence-corrected chi connectivity index (χ4v) is 1.91. The SMILES string of the molecule is CC(NCCOCC(F)F)c1ccc(C(C)(C)C)cc1. The van der Waals surface area contributed by atoms with Gasteiger partial charge < -0.3 is 10.1 Å². The van der Waals surface area contributed by atoms with Crippen molar-refractivity contribution >= 4 is 0 Å². The second-order valence-electron chi connectivity index (χ2n) is 6.01. The average molecular weight is 285 g/mol. The van der Waals surface area contributed by atoms with Crippen LogP contribution in [0.1, 0.15) is 44.9 Å². The first kappa shape index (κ1) is 17.1. The van der Waals surface area contributed by atoms with Gasteiger partial charge in [0.15, 0.2) is 0 Å².